The van der Waals surface area contributed by atoms with Gasteiger partial charge >= 0.3 is 0 Å². The second-order valence-electron chi connectivity index (χ2n) is 4.58. The normalized spacial score (nSPS) is 10.9. The van der Waals surface area contributed by atoms with Gasteiger partial charge in [-0.25, -0.2) is 9.67 Å². The molecule has 2 heterocycles. The number of hydrogen-bond donors (Lipinski definition) is 0. The van der Waals surface area contributed by atoms with Gasteiger partial charge in [0.2, 0.25) is 0 Å². The van der Waals surface area contributed by atoms with Crippen LogP contribution in [-0.2, 0) is 7.05 Å². The van der Waals surface area contributed by atoms with Gasteiger partial charge in [0.1, 0.15) is 10.0 Å². The molecule has 0 saturated heterocycles. The zero-order valence-corrected chi connectivity index (χ0v) is 13.6. The molecule has 0 bridgehead atoms. The number of aromatic nitrogens is 4. The first-order chi connectivity index (χ1) is 10.5. The quantitative estimate of drug-likeness (QED) is 0.520. The molecule has 2 aromatic heterocycles. The van der Waals surface area contributed by atoms with E-state index in [4.69, 9.17) is 34.8 Å². The predicted molar refractivity (Wildman–Crippen MR) is 85.9 cm³/mol. The van der Waals surface area contributed by atoms with Crippen LogP contribution in [0.5, 0.6) is 0 Å². The van der Waals surface area contributed by atoms with Crippen LogP contribution in [0.25, 0.3) is 22.8 Å². The molecule has 112 valence electrons. The van der Waals surface area contributed by atoms with Crippen molar-refractivity contribution in [2.75, 3.05) is 0 Å². The van der Waals surface area contributed by atoms with E-state index in [1.807, 2.05) is 12.1 Å². The zero-order valence-electron chi connectivity index (χ0n) is 11.3. The van der Waals surface area contributed by atoms with Crippen molar-refractivity contribution < 1.29 is 4.73 Å². The van der Waals surface area contributed by atoms with Crippen LogP contribution in [0.3, 0.4) is 0 Å². The highest BCUT2D eigenvalue weighted by Gasteiger charge is 2.19. The molecule has 0 spiro atoms. The molecule has 0 unspecified atom stereocenters. The van der Waals surface area contributed by atoms with E-state index in [1.165, 1.54) is 12.4 Å². The molecular weight excluding hydrogens is 347 g/mol. The van der Waals surface area contributed by atoms with Crippen molar-refractivity contribution in [3.05, 3.63) is 56.9 Å². The largest absolute Gasteiger partial charge is 0.619 e. The van der Waals surface area contributed by atoms with Crippen LogP contribution in [0.15, 0.2) is 36.7 Å². The fourth-order valence-corrected chi connectivity index (χ4v) is 2.80. The Morgan fingerprint density at radius 3 is 2.23 bits per heavy atom. The van der Waals surface area contributed by atoms with E-state index in [1.54, 1.807) is 23.9 Å². The number of rotatable bonds is 2. The standard InChI is InChI=1S/C14H9Cl3N4O/c1-20-14(8-2-4-9(15)5-3-8)18-13(19-20)12-10(16)6-21(22)7-11(12)17/h2-7H,1H3. The molecule has 0 atom stereocenters. The van der Waals surface area contributed by atoms with Gasteiger partial charge in [-0.15, -0.1) is 0 Å². The Hall–Kier alpha value is -1.82. The molecule has 1 aromatic carbocycles. The van der Waals surface area contributed by atoms with Crippen molar-refractivity contribution in [1.82, 2.24) is 14.8 Å². The third-order valence-corrected chi connectivity index (χ3v) is 3.87. The number of hydrogen-bond acceptors (Lipinski definition) is 3. The Balaban J connectivity index is 2.12. The summed E-state index contributed by atoms with van der Waals surface area (Å²) in [7, 11) is 1.76. The van der Waals surface area contributed by atoms with Crippen LogP contribution in [0, 0.1) is 5.21 Å². The molecule has 0 aliphatic carbocycles. The van der Waals surface area contributed by atoms with Gasteiger partial charge in [0.15, 0.2) is 24.0 Å². The average molecular weight is 356 g/mol. The predicted octanol–water partition coefficient (Wildman–Crippen LogP) is 3.74. The Kier molecular flexibility index (Phi) is 3.95. The van der Waals surface area contributed by atoms with Gasteiger partial charge in [-0.05, 0) is 24.3 Å². The van der Waals surface area contributed by atoms with E-state index in [2.05, 4.69) is 10.1 Å². The second-order valence-corrected chi connectivity index (χ2v) is 5.83. The van der Waals surface area contributed by atoms with Crippen LogP contribution in [0.2, 0.25) is 15.1 Å². The Bertz CT molecular complexity index is 823. The molecular formula is C14H9Cl3N4O. The summed E-state index contributed by atoms with van der Waals surface area (Å²) in [6.45, 7) is 0. The van der Waals surface area contributed by atoms with Crippen molar-refractivity contribution in [3.8, 4) is 22.8 Å². The van der Waals surface area contributed by atoms with E-state index in [-0.39, 0.29) is 10.0 Å². The van der Waals surface area contributed by atoms with Gasteiger partial charge in [-0.1, -0.05) is 34.8 Å². The lowest BCUT2D eigenvalue weighted by Crippen LogP contribution is -2.24. The van der Waals surface area contributed by atoms with Crippen molar-refractivity contribution in [1.29, 1.82) is 0 Å². The molecule has 0 saturated carbocycles. The summed E-state index contributed by atoms with van der Waals surface area (Å²) < 4.78 is 2.15. The minimum atomic E-state index is 0.191. The van der Waals surface area contributed by atoms with Crippen LogP contribution in [-0.4, -0.2) is 14.8 Å². The van der Waals surface area contributed by atoms with Crippen molar-refractivity contribution in [2.45, 2.75) is 0 Å². The summed E-state index contributed by atoms with van der Waals surface area (Å²) in [6, 6.07) is 7.23. The third-order valence-electron chi connectivity index (χ3n) is 3.05. The second kappa shape index (κ2) is 5.76. The summed E-state index contributed by atoms with van der Waals surface area (Å²) >= 11 is 18.1. The fourth-order valence-electron chi connectivity index (χ4n) is 2.06. The highest BCUT2D eigenvalue weighted by atomic mass is 35.5. The Morgan fingerprint density at radius 2 is 1.64 bits per heavy atom. The van der Waals surface area contributed by atoms with Gasteiger partial charge in [-0.3, -0.25) is 0 Å². The summed E-state index contributed by atoms with van der Waals surface area (Å²) in [5, 5.41) is 16.7. The summed E-state index contributed by atoms with van der Waals surface area (Å²) in [5.41, 5.74) is 1.28. The number of nitrogens with zero attached hydrogens (tertiary/aromatic N) is 4. The number of aryl methyl sites for hydroxylation is 1. The van der Waals surface area contributed by atoms with E-state index in [0.717, 1.165) is 5.56 Å². The zero-order chi connectivity index (χ0) is 15.9. The minimum Gasteiger partial charge on any atom is -0.619 e. The number of halogens is 3. The lowest BCUT2D eigenvalue weighted by atomic mass is 10.2. The number of pyridine rings is 1. The maximum atomic E-state index is 11.3. The monoisotopic (exact) mass is 354 g/mol. The van der Waals surface area contributed by atoms with Crippen LogP contribution in [0.1, 0.15) is 0 Å². The molecule has 0 N–H and O–H groups in total. The molecule has 3 aromatic rings. The maximum absolute atomic E-state index is 11.3. The topological polar surface area (TPSA) is 57.6 Å². The van der Waals surface area contributed by atoms with Crippen LogP contribution >= 0.6 is 34.8 Å². The smallest absolute Gasteiger partial charge is 0.199 e. The molecule has 0 amide bonds. The highest BCUT2D eigenvalue weighted by Crippen LogP contribution is 2.32. The summed E-state index contributed by atoms with van der Waals surface area (Å²) in [6.07, 6.45) is 2.42. The van der Waals surface area contributed by atoms with Gasteiger partial charge in [0.25, 0.3) is 0 Å². The van der Waals surface area contributed by atoms with E-state index in [9.17, 15) is 5.21 Å². The fraction of sp³-hybridized carbons (Fsp3) is 0.0714. The molecule has 0 aliphatic rings. The molecule has 8 heteroatoms. The van der Waals surface area contributed by atoms with E-state index in [0.29, 0.717) is 27.0 Å². The van der Waals surface area contributed by atoms with Gasteiger partial charge < -0.3 is 5.21 Å². The molecule has 5 nitrogen and oxygen atoms in total. The maximum Gasteiger partial charge on any atom is 0.199 e. The summed E-state index contributed by atoms with van der Waals surface area (Å²) in [4.78, 5) is 4.46. The van der Waals surface area contributed by atoms with E-state index >= 15 is 0 Å². The Labute approximate surface area is 141 Å². The van der Waals surface area contributed by atoms with Gasteiger partial charge in [-0.2, -0.15) is 9.83 Å². The highest BCUT2D eigenvalue weighted by molar-refractivity contribution is 6.38. The number of benzene rings is 1. The Morgan fingerprint density at radius 1 is 1.05 bits per heavy atom. The van der Waals surface area contributed by atoms with Crippen LogP contribution in [0.4, 0.5) is 0 Å². The first-order valence-electron chi connectivity index (χ1n) is 6.21. The average Bonchev–Trinajstić information content (AvgIpc) is 2.80. The first kappa shape index (κ1) is 15.1. The minimum absolute atomic E-state index is 0.191. The molecule has 3 rings (SSSR count). The molecule has 22 heavy (non-hydrogen) atoms. The molecule has 0 aliphatic heterocycles. The van der Waals surface area contributed by atoms with Crippen molar-refractivity contribution in [2.24, 2.45) is 7.05 Å². The van der Waals surface area contributed by atoms with Gasteiger partial charge in [0, 0.05) is 17.6 Å². The SMILES string of the molecule is Cn1nc(-c2c(Cl)c[n+]([O-])cc2Cl)nc1-c1ccc(Cl)cc1. The molecule has 0 radical (unpaired) electrons. The van der Waals surface area contributed by atoms with Crippen molar-refractivity contribution >= 4 is 34.8 Å². The molecule has 0 fully saturated rings. The summed E-state index contributed by atoms with van der Waals surface area (Å²) in [5.74, 6) is 0.987. The first-order valence-corrected chi connectivity index (χ1v) is 7.34. The van der Waals surface area contributed by atoms with E-state index < -0.39 is 0 Å². The van der Waals surface area contributed by atoms with Crippen molar-refractivity contribution in [3.63, 3.8) is 0 Å². The lowest BCUT2D eigenvalue weighted by Gasteiger charge is -2.02. The lowest BCUT2D eigenvalue weighted by molar-refractivity contribution is -0.605. The van der Waals surface area contributed by atoms with Gasteiger partial charge in [0.05, 0.1) is 5.56 Å². The third kappa shape index (κ3) is 2.75. The van der Waals surface area contributed by atoms with Crippen LogP contribution < -0.4 is 4.73 Å².